The van der Waals surface area contributed by atoms with Gasteiger partial charge in [-0.25, -0.2) is 8.42 Å². The van der Waals surface area contributed by atoms with Crippen molar-refractivity contribution < 1.29 is 8.42 Å². The van der Waals surface area contributed by atoms with Crippen LogP contribution in [0.25, 0.3) is 0 Å². The molecule has 0 radical (unpaired) electrons. The van der Waals surface area contributed by atoms with Gasteiger partial charge in [-0.1, -0.05) is 15.9 Å². The molecule has 1 heterocycles. The highest BCUT2D eigenvalue weighted by atomic mass is 79.9. The molecule has 1 atom stereocenters. The molecular formula is C12H18BrClN2O2S. The van der Waals surface area contributed by atoms with Crippen LogP contribution in [0.15, 0.2) is 33.6 Å². The van der Waals surface area contributed by atoms with Crippen LogP contribution in [0.2, 0.25) is 0 Å². The molecule has 1 saturated heterocycles. The average molecular weight is 370 g/mol. The van der Waals surface area contributed by atoms with Gasteiger partial charge in [0.1, 0.15) is 0 Å². The average Bonchev–Trinajstić information content (AvgIpc) is 2.79. The maximum Gasteiger partial charge on any atom is 0.243 e. The standard InChI is InChI=1S/C12H17BrN2O2S.ClH/c1-14-8-10-6-7-15(9-10)18(16,17)12-4-2-11(13)3-5-12;/h2-5,10,14H,6-9H2,1H3;1H. The second-order valence-electron chi connectivity index (χ2n) is 4.53. The fourth-order valence-corrected chi connectivity index (χ4v) is 4.02. The normalized spacial score (nSPS) is 20.2. The highest BCUT2D eigenvalue weighted by Gasteiger charge is 2.31. The van der Waals surface area contributed by atoms with Crippen LogP contribution in [0.1, 0.15) is 6.42 Å². The maximum absolute atomic E-state index is 12.4. The van der Waals surface area contributed by atoms with Crippen molar-refractivity contribution in [2.75, 3.05) is 26.7 Å². The van der Waals surface area contributed by atoms with E-state index in [2.05, 4.69) is 21.2 Å². The third-order valence-electron chi connectivity index (χ3n) is 3.19. The van der Waals surface area contributed by atoms with Crippen LogP contribution in [0.3, 0.4) is 0 Å². The summed E-state index contributed by atoms with van der Waals surface area (Å²) < 4.78 is 27.2. The molecule has 2 rings (SSSR count). The first-order chi connectivity index (χ1) is 8.54. The lowest BCUT2D eigenvalue weighted by Gasteiger charge is -2.16. The Morgan fingerprint density at radius 1 is 1.37 bits per heavy atom. The van der Waals surface area contributed by atoms with Crippen LogP contribution < -0.4 is 5.32 Å². The molecule has 19 heavy (non-hydrogen) atoms. The topological polar surface area (TPSA) is 49.4 Å². The van der Waals surface area contributed by atoms with Crippen molar-refractivity contribution in [1.82, 2.24) is 9.62 Å². The van der Waals surface area contributed by atoms with Crippen LogP contribution in [-0.4, -0.2) is 39.4 Å². The first-order valence-corrected chi connectivity index (χ1v) is 8.17. The minimum atomic E-state index is -3.32. The van der Waals surface area contributed by atoms with Gasteiger partial charge in [0.05, 0.1) is 4.90 Å². The minimum absolute atomic E-state index is 0. The molecule has 108 valence electrons. The monoisotopic (exact) mass is 368 g/mol. The Morgan fingerprint density at radius 2 is 2.00 bits per heavy atom. The van der Waals surface area contributed by atoms with Crippen LogP contribution in [0.4, 0.5) is 0 Å². The summed E-state index contributed by atoms with van der Waals surface area (Å²) in [5, 5.41) is 3.10. The molecule has 0 bridgehead atoms. The summed E-state index contributed by atoms with van der Waals surface area (Å²) in [6.45, 7) is 2.09. The zero-order valence-corrected chi connectivity index (χ0v) is 13.9. The molecule has 1 N–H and O–H groups in total. The van der Waals surface area contributed by atoms with Gasteiger partial charge in [0.15, 0.2) is 0 Å². The van der Waals surface area contributed by atoms with Gasteiger partial charge in [-0.3, -0.25) is 0 Å². The fraction of sp³-hybridized carbons (Fsp3) is 0.500. The van der Waals surface area contributed by atoms with Crippen LogP contribution in [0, 0.1) is 5.92 Å². The number of sulfonamides is 1. The van der Waals surface area contributed by atoms with E-state index in [0.717, 1.165) is 17.4 Å². The van der Waals surface area contributed by atoms with Crippen molar-refractivity contribution in [2.45, 2.75) is 11.3 Å². The number of hydrogen-bond donors (Lipinski definition) is 1. The number of rotatable bonds is 4. The second kappa shape index (κ2) is 7.04. The summed E-state index contributed by atoms with van der Waals surface area (Å²) in [7, 11) is -1.43. The van der Waals surface area contributed by atoms with E-state index in [1.165, 1.54) is 0 Å². The lowest BCUT2D eigenvalue weighted by Crippen LogP contribution is -2.30. The summed E-state index contributed by atoms with van der Waals surface area (Å²) in [6.07, 6.45) is 0.927. The van der Waals surface area contributed by atoms with Gasteiger partial charge in [0.25, 0.3) is 0 Å². The summed E-state index contributed by atoms with van der Waals surface area (Å²) in [5.41, 5.74) is 0. The molecule has 4 nitrogen and oxygen atoms in total. The molecule has 1 unspecified atom stereocenters. The second-order valence-corrected chi connectivity index (χ2v) is 7.38. The number of benzene rings is 1. The smallest absolute Gasteiger partial charge is 0.243 e. The van der Waals surface area contributed by atoms with E-state index < -0.39 is 10.0 Å². The van der Waals surface area contributed by atoms with E-state index in [1.54, 1.807) is 28.6 Å². The zero-order chi connectivity index (χ0) is 13.2. The summed E-state index contributed by atoms with van der Waals surface area (Å²) in [4.78, 5) is 0.371. The number of halogens is 2. The van der Waals surface area contributed by atoms with Crippen LogP contribution in [0.5, 0.6) is 0 Å². The first-order valence-electron chi connectivity index (χ1n) is 5.94. The van der Waals surface area contributed by atoms with Crippen LogP contribution >= 0.6 is 28.3 Å². The Bertz CT molecular complexity index is 507. The number of nitrogens with one attached hydrogen (secondary N) is 1. The molecule has 1 aromatic carbocycles. The number of nitrogens with zero attached hydrogens (tertiary/aromatic N) is 1. The largest absolute Gasteiger partial charge is 0.319 e. The van der Waals surface area contributed by atoms with Gasteiger partial charge in [-0.15, -0.1) is 12.4 Å². The lowest BCUT2D eigenvalue weighted by molar-refractivity contribution is 0.451. The van der Waals surface area contributed by atoms with Gasteiger partial charge < -0.3 is 5.32 Å². The SMILES string of the molecule is CNCC1CCN(S(=O)(=O)c2ccc(Br)cc2)C1.Cl. The van der Waals surface area contributed by atoms with E-state index in [0.29, 0.717) is 23.9 Å². The third-order valence-corrected chi connectivity index (χ3v) is 5.60. The van der Waals surface area contributed by atoms with Gasteiger partial charge in [-0.2, -0.15) is 4.31 Å². The molecule has 0 spiro atoms. The van der Waals surface area contributed by atoms with Crippen molar-refractivity contribution in [1.29, 1.82) is 0 Å². The Morgan fingerprint density at radius 3 is 2.58 bits per heavy atom. The molecule has 0 aromatic heterocycles. The molecule has 1 fully saturated rings. The number of hydrogen-bond acceptors (Lipinski definition) is 3. The highest BCUT2D eigenvalue weighted by molar-refractivity contribution is 9.10. The molecule has 1 aliphatic heterocycles. The molecule has 1 aliphatic rings. The van der Waals surface area contributed by atoms with E-state index in [4.69, 9.17) is 0 Å². The molecule has 0 saturated carbocycles. The van der Waals surface area contributed by atoms with Crippen LogP contribution in [-0.2, 0) is 10.0 Å². The quantitative estimate of drug-likeness (QED) is 0.884. The predicted octanol–water partition coefficient (Wildman–Crippen LogP) is 2.10. The summed E-state index contributed by atoms with van der Waals surface area (Å²) >= 11 is 3.31. The maximum atomic E-state index is 12.4. The van der Waals surface area contributed by atoms with Gasteiger partial charge in [-0.05, 0) is 50.2 Å². The van der Waals surface area contributed by atoms with Gasteiger partial charge in [0, 0.05) is 17.6 Å². The van der Waals surface area contributed by atoms with Gasteiger partial charge in [0.2, 0.25) is 10.0 Å². The van der Waals surface area contributed by atoms with E-state index >= 15 is 0 Å². The van der Waals surface area contributed by atoms with E-state index in [-0.39, 0.29) is 12.4 Å². The Labute approximate surface area is 129 Å². The fourth-order valence-electron chi connectivity index (χ4n) is 2.23. The first kappa shape index (κ1) is 16.9. The summed E-state index contributed by atoms with van der Waals surface area (Å²) in [6, 6.07) is 6.80. The predicted molar refractivity (Wildman–Crippen MR) is 82.2 cm³/mol. The van der Waals surface area contributed by atoms with E-state index in [1.807, 2.05) is 7.05 Å². The Hall–Kier alpha value is -0.140. The molecule has 0 aliphatic carbocycles. The molecular weight excluding hydrogens is 352 g/mol. The molecule has 0 amide bonds. The summed E-state index contributed by atoms with van der Waals surface area (Å²) in [5.74, 6) is 0.417. The van der Waals surface area contributed by atoms with Crippen molar-refractivity contribution in [2.24, 2.45) is 5.92 Å². The van der Waals surface area contributed by atoms with E-state index in [9.17, 15) is 8.42 Å². The molecule has 1 aromatic rings. The highest BCUT2D eigenvalue weighted by Crippen LogP contribution is 2.24. The van der Waals surface area contributed by atoms with Crippen molar-refractivity contribution in [3.05, 3.63) is 28.7 Å². The Balaban J connectivity index is 0.00000180. The lowest BCUT2D eigenvalue weighted by atomic mass is 10.1. The van der Waals surface area contributed by atoms with Crippen molar-refractivity contribution in [3.8, 4) is 0 Å². The van der Waals surface area contributed by atoms with Crippen molar-refractivity contribution >= 4 is 38.4 Å². The zero-order valence-electron chi connectivity index (χ0n) is 10.7. The minimum Gasteiger partial charge on any atom is -0.319 e. The molecule has 7 heteroatoms. The van der Waals surface area contributed by atoms with Crippen molar-refractivity contribution in [3.63, 3.8) is 0 Å². The third kappa shape index (κ3) is 3.92. The Kier molecular flexibility index (Phi) is 6.26. The van der Waals surface area contributed by atoms with Gasteiger partial charge >= 0.3 is 0 Å².